The zero-order chi connectivity index (χ0) is 19.1. The topological polar surface area (TPSA) is 114 Å². The Hall–Kier alpha value is -2.46. The molecule has 0 bridgehead atoms. The van der Waals surface area contributed by atoms with Gasteiger partial charge < -0.3 is 25.4 Å². The predicted octanol–water partition coefficient (Wildman–Crippen LogP) is 0.919. The van der Waals surface area contributed by atoms with Crippen molar-refractivity contribution in [1.82, 2.24) is 20.2 Å². The summed E-state index contributed by atoms with van der Waals surface area (Å²) in [6.45, 7) is 2.68. The average molecular weight is 381 g/mol. The van der Waals surface area contributed by atoms with Crippen molar-refractivity contribution >= 4 is 17.7 Å². The molecule has 142 valence electrons. The van der Waals surface area contributed by atoms with Crippen molar-refractivity contribution in [2.75, 3.05) is 40.3 Å². The van der Waals surface area contributed by atoms with Gasteiger partial charge in [-0.15, -0.1) is 10.2 Å². The zero-order valence-electron chi connectivity index (χ0n) is 15.2. The van der Waals surface area contributed by atoms with Gasteiger partial charge in [-0.2, -0.15) is 0 Å². The highest BCUT2D eigenvalue weighted by Gasteiger charge is 2.21. The third-order valence-electron chi connectivity index (χ3n) is 3.57. The number of carbonyl (C=O) groups is 1. The van der Waals surface area contributed by atoms with E-state index in [1.807, 2.05) is 0 Å². The van der Waals surface area contributed by atoms with E-state index >= 15 is 0 Å². The molecular formula is C16H23N5O4S. The third kappa shape index (κ3) is 4.58. The van der Waals surface area contributed by atoms with E-state index in [1.54, 1.807) is 46.5 Å². The standard InChI is InChI=1S/C16H23N5O4S/c1-10(15(22)18-7-8-23-2)26-16-20-19-14(21(16)17)12-6-5-11(24-3)9-13(12)25-4/h5-6,9-10H,7-8,17H2,1-4H3,(H,18,22)/t10-/m1/s1. The number of nitrogens with two attached hydrogens (primary N) is 1. The van der Waals surface area contributed by atoms with Gasteiger partial charge in [0.2, 0.25) is 11.1 Å². The van der Waals surface area contributed by atoms with Crippen molar-refractivity contribution in [3.05, 3.63) is 18.2 Å². The largest absolute Gasteiger partial charge is 0.497 e. The molecule has 0 saturated carbocycles. The van der Waals surface area contributed by atoms with Gasteiger partial charge in [0.05, 0.1) is 31.6 Å². The molecule has 2 aromatic rings. The lowest BCUT2D eigenvalue weighted by molar-refractivity contribution is -0.120. The van der Waals surface area contributed by atoms with E-state index in [0.717, 1.165) is 0 Å². The molecule has 0 aliphatic carbocycles. The van der Waals surface area contributed by atoms with Crippen molar-refractivity contribution in [1.29, 1.82) is 0 Å². The smallest absolute Gasteiger partial charge is 0.233 e. The number of thioether (sulfide) groups is 1. The minimum atomic E-state index is -0.385. The Morgan fingerprint density at radius 3 is 2.73 bits per heavy atom. The van der Waals surface area contributed by atoms with Crippen LogP contribution in [0.25, 0.3) is 11.4 Å². The molecule has 2 rings (SSSR count). The first kappa shape index (κ1) is 19.9. The van der Waals surface area contributed by atoms with Crippen LogP contribution < -0.4 is 20.6 Å². The summed E-state index contributed by atoms with van der Waals surface area (Å²) in [6.07, 6.45) is 0. The normalized spacial score (nSPS) is 11.8. The number of ether oxygens (including phenoxy) is 3. The van der Waals surface area contributed by atoms with Crippen LogP contribution in [0, 0.1) is 0 Å². The summed E-state index contributed by atoms with van der Waals surface area (Å²) in [7, 11) is 4.71. The summed E-state index contributed by atoms with van der Waals surface area (Å²) < 4.78 is 16.8. The van der Waals surface area contributed by atoms with Crippen molar-refractivity contribution < 1.29 is 19.0 Å². The van der Waals surface area contributed by atoms with Gasteiger partial charge in [-0.05, 0) is 19.1 Å². The summed E-state index contributed by atoms with van der Waals surface area (Å²) in [5.74, 6) is 7.65. The zero-order valence-corrected chi connectivity index (χ0v) is 16.0. The first-order valence-electron chi connectivity index (χ1n) is 7.88. The van der Waals surface area contributed by atoms with Gasteiger partial charge in [-0.3, -0.25) is 4.79 Å². The number of hydrogen-bond acceptors (Lipinski definition) is 8. The van der Waals surface area contributed by atoms with Crippen molar-refractivity contribution in [3.8, 4) is 22.9 Å². The summed E-state index contributed by atoms with van der Waals surface area (Å²) in [4.78, 5) is 12.1. The lowest BCUT2D eigenvalue weighted by atomic mass is 10.2. The molecular weight excluding hydrogens is 358 g/mol. The van der Waals surface area contributed by atoms with Gasteiger partial charge in [0.1, 0.15) is 11.5 Å². The number of carbonyl (C=O) groups excluding carboxylic acids is 1. The number of rotatable bonds is 9. The van der Waals surface area contributed by atoms with E-state index < -0.39 is 0 Å². The molecule has 1 aromatic heterocycles. The van der Waals surface area contributed by atoms with Crippen molar-refractivity contribution in [2.24, 2.45) is 0 Å². The fourth-order valence-electron chi connectivity index (χ4n) is 2.16. The van der Waals surface area contributed by atoms with E-state index in [0.29, 0.717) is 41.2 Å². The second-order valence-electron chi connectivity index (χ2n) is 5.29. The first-order chi connectivity index (χ1) is 12.5. The maximum absolute atomic E-state index is 12.1. The van der Waals surface area contributed by atoms with Crippen molar-refractivity contribution in [2.45, 2.75) is 17.3 Å². The molecule has 0 fully saturated rings. The molecule has 3 N–H and O–H groups in total. The van der Waals surface area contributed by atoms with E-state index in [4.69, 9.17) is 20.1 Å². The molecule has 9 nitrogen and oxygen atoms in total. The van der Waals surface area contributed by atoms with Gasteiger partial charge in [0, 0.05) is 19.7 Å². The predicted molar refractivity (Wildman–Crippen MR) is 98.9 cm³/mol. The number of methoxy groups -OCH3 is 3. The fourth-order valence-corrected chi connectivity index (χ4v) is 2.95. The van der Waals surface area contributed by atoms with Crippen LogP contribution in [0.5, 0.6) is 11.5 Å². The molecule has 0 unspecified atom stereocenters. The van der Waals surface area contributed by atoms with Crippen LogP contribution in [0.1, 0.15) is 6.92 Å². The van der Waals surface area contributed by atoms with Gasteiger partial charge in [0.15, 0.2) is 5.82 Å². The van der Waals surface area contributed by atoms with Gasteiger partial charge >= 0.3 is 0 Å². The Morgan fingerprint density at radius 2 is 2.08 bits per heavy atom. The Balaban J connectivity index is 2.16. The number of benzene rings is 1. The summed E-state index contributed by atoms with van der Waals surface area (Å²) in [5.41, 5.74) is 0.673. The van der Waals surface area contributed by atoms with Gasteiger partial charge in [-0.1, -0.05) is 11.8 Å². The SMILES string of the molecule is COCCNC(=O)[C@@H](C)Sc1nnc(-c2ccc(OC)cc2OC)n1N. The average Bonchev–Trinajstić information content (AvgIpc) is 3.01. The molecule has 0 spiro atoms. The molecule has 26 heavy (non-hydrogen) atoms. The summed E-state index contributed by atoms with van der Waals surface area (Å²) in [6, 6.07) is 5.31. The number of amides is 1. The Morgan fingerprint density at radius 1 is 1.31 bits per heavy atom. The number of aromatic nitrogens is 3. The Bertz CT molecular complexity index is 752. The van der Waals surface area contributed by atoms with Crippen LogP contribution in [0.4, 0.5) is 0 Å². The number of nitrogens with one attached hydrogen (secondary N) is 1. The second kappa shape index (κ2) is 9.30. The Kier molecular flexibility index (Phi) is 7.10. The highest BCUT2D eigenvalue weighted by atomic mass is 32.2. The van der Waals surface area contributed by atoms with Crippen LogP contribution in [0.2, 0.25) is 0 Å². The highest BCUT2D eigenvalue weighted by Crippen LogP contribution is 2.33. The van der Waals surface area contributed by atoms with Crippen LogP contribution in [0.15, 0.2) is 23.4 Å². The lowest BCUT2D eigenvalue weighted by Gasteiger charge is -2.12. The lowest BCUT2D eigenvalue weighted by Crippen LogP contribution is -2.33. The molecule has 0 radical (unpaired) electrons. The molecule has 1 aromatic carbocycles. The maximum Gasteiger partial charge on any atom is 0.233 e. The van der Waals surface area contributed by atoms with E-state index in [1.165, 1.54) is 16.4 Å². The minimum Gasteiger partial charge on any atom is -0.497 e. The summed E-state index contributed by atoms with van der Waals surface area (Å²) in [5, 5.41) is 11.0. The van der Waals surface area contributed by atoms with Crippen molar-refractivity contribution in [3.63, 3.8) is 0 Å². The van der Waals surface area contributed by atoms with Crippen LogP contribution in [0.3, 0.4) is 0 Å². The van der Waals surface area contributed by atoms with Gasteiger partial charge in [0.25, 0.3) is 0 Å². The van der Waals surface area contributed by atoms with E-state index in [9.17, 15) is 4.79 Å². The van der Waals surface area contributed by atoms with Gasteiger partial charge in [-0.25, -0.2) is 4.68 Å². The molecule has 0 aliphatic heterocycles. The molecule has 0 saturated heterocycles. The molecule has 0 aliphatic rings. The van der Waals surface area contributed by atoms with E-state index in [2.05, 4.69) is 15.5 Å². The summed E-state index contributed by atoms with van der Waals surface area (Å²) >= 11 is 1.22. The monoisotopic (exact) mass is 381 g/mol. The quantitative estimate of drug-likeness (QED) is 0.374. The Labute approximate surface area is 156 Å². The molecule has 1 heterocycles. The highest BCUT2D eigenvalue weighted by molar-refractivity contribution is 8.00. The fraction of sp³-hybridized carbons (Fsp3) is 0.438. The molecule has 1 amide bonds. The van der Waals surface area contributed by atoms with E-state index in [-0.39, 0.29) is 11.2 Å². The first-order valence-corrected chi connectivity index (χ1v) is 8.76. The molecule has 10 heteroatoms. The van der Waals surface area contributed by atoms with Crippen LogP contribution >= 0.6 is 11.8 Å². The minimum absolute atomic E-state index is 0.126. The van der Waals surface area contributed by atoms with Crippen LogP contribution in [-0.4, -0.2) is 60.5 Å². The van der Waals surface area contributed by atoms with Crippen LogP contribution in [-0.2, 0) is 9.53 Å². The number of hydrogen-bond donors (Lipinski definition) is 2. The molecule has 1 atom stereocenters. The maximum atomic E-state index is 12.1. The number of nitrogens with zero attached hydrogens (tertiary/aromatic N) is 3. The second-order valence-corrected chi connectivity index (χ2v) is 6.59. The third-order valence-corrected chi connectivity index (χ3v) is 4.63. The number of nitrogen functional groups attached to an aromatic ring is 1.